The standard InChI is InChI=1S/C12H15N5O2/c1-8-10(12(19)16-14-8)6-11(18)15-13-7-9-4-3-5-17(9)2/h3-5,7H,6H2,1-2H3,(H,15,18)(H2,14,16,19)/b13-7+. The van der Waals surface area contributed by atoms with Crippen molar-refractivity contribution in [2.24, 2.45) is 12.1 Å². The Morgan fingerprint density at radius 2 is 2.32 bits per heavy atom. The number of carbonyl (C=O) groups excluding carboxylic acids is 1. The third-order valence-corrected chi connectivity index (χ3v) is 2.80. The van der Waals surface area contributed by atoms with Crippen molar-refractivity contribution in [1.82, 2.24) is 20.2 Å². The molecule has 0 fully saturated rings. The molecular formula is C12H15N5O2. The summed E-state index contributed by atoms with van der Waals surface area (Å²) in [5.74, 6) is -0.335. The maximum Gasteiger partial charge on any atom is 0.267 e. The van der Waals surface area contributed by atoms with Crippen molar-refractivity contribution in [2.75, 3.05) is 0 Å². The number of nitrogens with zero attached hydrogens (tertiary/aromatic N) is 2. The van der Waals surface area contributed by atoms with Crippen LogP contribution in [0.15, 0.2) is 28.2 Å². The third-order valence-electron chi connectivity index (χ3n) is 2.80. The number of hydrogen-bond donors (Lipinski definition) is 3. The first-order valence-corrected chi connectivity index (χ1v) is 5.77. The molecule has 0 unspecified atom stereocenters. The summed E-state index contributed by atoms with van der Waals surface area (Å²) >= 11 is 0. The van der Waals surface area contributed by atoms with E-state index in [-0.39, 0.29) is 17.9 Å². The van der Waals surface area contributed by atoms with Gasteiger partial charge in [-0.3, -0.25) is 14.7 Å². The van der Waals surface area contributed by atoms with Crippen LogP contribution in [-0.2, 0) is 18.3 Å². The Kier molecular flexibility index (Phi) is 3.65. The van der Waals surface area contributed by atoms with Crippen molar-refractivity contribution in [1.29, 1.82) is 0 Å². The molecule has 2 rings (SSSR count). The maximum absolute atomic E-state index is 11.6. The Hall–Kier alpha value is -2.57. The number of aromatic nitrogens is 3. The highest BCUT2D eigenvalue weighted by atomic mass is 16.2. The van der Waals surface area contributed by atoms with Gasteiger partial charge < -0.3 is 9.67 Å². The van der Waals surface area contributed by atoms with Crippen molar-refractivity contribution >= 4 is 12.1 Å². The first-order valence-electron chi connectivity index (χ1n) is 5.77. The maximum atomic E-state index is 11.6. The van der Waals surface area contributed by atoms with E-state index in [9.17, 15) is 9.59 Å². The molecule has 2 heterocycles. The number of nitrogens with one attached hydrogen (secondary N) is 3. The zero-order valence-corrected chi connectivity index (χ0v) is 10.7. The zero-order chi connectivity index (χ0) is 13.8. The molecule has 7 heteroatoms. The highest BCUT2D eigenvalue weighted by molar-refractivity contribution is 5.82. The number of rotatable bonds is 4. The van der Waals surface area contributed by atoms with Gasteiger partial charge in [0.25, 0.3) is 5.56 Å². The second-order valence-corrected chi connectivity index (χ2v) is 4.20. The highest BCUT2D eigenvalue weighted by Gasteiger charge is 2.10. The van der Waals surface area contributed by atoms with E-state index in [0.717, 1.165) is 5.69 Å². The molecule has 0 saturated carbocycles. The van der Waals surface area contributed by atoms with Crippen molar-refractivity contribution in [3.8, 4) is 0 Å². The predicted molar refractivity (Wildman–Crippen MR) is 71.0 cm³/mol. The lowest BCUT2D eigenvalue weighted by molar-refractivity contribution is -0.120. The Morgan fingerprint density at radius 1 is 1.53 bits per heavy atom. The van der Waals surface area contributed by atoms with Crippen molar-refractivity contribution < 1.29 is 4.79 Å². The number of aromatic amines is 2. The summed E-state index contributed by atoms with van der Waals surface area (Å²) in [7, 11) is 1.88. The largest absolute Gasteiger partial charge is 0.350 e. The second-order valence-electron chi connectivity index (χ2n) is 4.20. The van der Waals surface area contributed by atoms with Crippen molar-refractivity contribution in [2.45, 2.75) is 13.3 Å². The molecule has 7 nitrogen and oxygen atoms in total. The number of carbonyl (C=O) groups is 1. The van der Waals surface area contributed by atoms with Crippen molar-refractivity contribution in [3.63, 3.8) is 0 Å². The Balaban J connectivity index is 1.94. The quantitative estimate of drug-likeness (QED) is 0.535. The van der Waals surface area contributed by atoms with E-state index in [2.05, 4.69) is 20.7 Å². The zero-order valence-electron chi connectivity index (χ0n) is 10.7. The molecule has 2 aromatic heterocycles. The molecule has 3 N–H and O–H groups in total. The smallest absolute Gasteiger partial charge is 0.267 e. The van der Waals surface area contributed by atoms with Gasteiger partial charge in [0.1, 0.15) is 0 Å². The van der Waals surface area contributed by atoms with Gasteiger partial charge in [0, 0.05) is 24.5 Å². The summed E-state index contributed by atoms with van der Waals surface area (Å²) in [6.07, 6.45) is 3.42. The van der Waals surface area contributed by atoms with Gasteiger partial charge in [-0.05, 0) is 19.1 Å². The van der Waals surface area contributed by atoms with Gasteiger partial charge in [-0.2, -0.15) is 5.10 Å². The van der Waals surface area contributed by atoms with Crippen LogP contribution < -0.4 is 11.0 Å². The van der Waals surface area contributed by atoms with Crippen LogP contribution in [0, 0.1) is 6.92 Å². The fourth-order valence-electron chi connectivity index (χ4n) is 1.66. The molecule has 0 aliphatic heterocycles. The minimum Gasteiger partial charge on any atom is -0.350 e. The van der Waals surface area contributed by atoms with Crippen LogP contribution in [0.1, 0.15) is 17.0 Å². The molecule has 0 saturated heterocycles. The number of aryl methyl sites for hydroxylation is 2. The van der Waals surface area contributed by atoms with E-state index in [1.54, 1.807) is 13.1 Å². The van der Waals surface area contributed by atoms with Crippen LogP contribution in [0.3, 0.4) is 0 Å². The summed E-state index contributed by atoms with van der Waals surface area (Å²) in [6, 6.07) is 3.75. The molecule has 100 valence electrons. The summed E-state index contributed by atoms with van der Waals surface area (Å²) in [5, 5.41) is 8.94. The lowest BCUT2D eigenvalue weighted by atomic mass is 10.2. The number of hydrogen-bond acceptors (Lipinski definition) is 3. The first kappa shape index (κ1) is 12.9. The monoisotopic (exact) mass is 261 g/mol. The normalized spacial score (nSPS) is 11.1. The van der Waals surface area contributed by atoms with E-state index >= 15 is 0 Å². The average molecular weight is 261 g/mol. The fraction of sp³-hybridized carbons (Fsp3) is 0.250. The van der Waals surface area contributed by atoms with Gasteiger partial charge in [0.05, 0.1) is 18.3 Å². The summed E-state index contributed by atoms with van der Waals surface area (Å²) in [5.41, 5.74) is 4.07. The Bertz CT molecular complexity index is 662. The number of H-pyrrole nitrogens is 2. The number of amides is 1. The Morgan fingerprint density at radius 3 is 2.89 bits per heavy atom. The minimum absolute atomic E-state index is 0.00482. The second kappa shape index (κ2) is 5.38. The molecule has 19 heavy (non-hydrogen) atoms. The third kappa shape index (κ3) is 3.01. The van der Waals surface area contributed by atoms with Gasteiger partial charge in [-0.25, -0.2) is 5.43 Å². The van der Waals surface area contributed by atoms with Gasteiger partial charge in [0.2, 0.25) is 5.91 Å². The van der Waals surface area contributed by atoms with Crippen LogP contribution in [0.2, 0.25) is 0 Å². The van der Waals surface area contributed by atoms with Gasteiger partial charge in [-0.1, -0.05) is 0 Å². The van der Waals surface area contributed by atoms with Crippen LogP contribution in [0.5, 0.6) is 0 Å². The molecule has 0 aromatic carbocycles. The lowest BCUT2D eigenvalue weighted by Crippen LogP contribution is -2.23. The molecular weight excluding hydrogens is 246 g/mol. The molecule has 1 amide bonds. The first-order chi connectivity index (χ1) is 9.08. The molecule has 0 atom stereocenters. The van der Waals surface area contributed by atoms with Gasteiger partial charge in [0.15, 0.2) is 0 Å². The predicted octanol–water partition coefficient (Wildman–Crippen LogP) is 0.0427. The molecule has 0 aliphatic carbocycles. The van der Waals surface area contributed by atoms with E-state index < -0.39 is 0 Å². The van der Waals surface area contributed by atoms with E-state index in [0.29, 0.717) is 11.3 Å². The van der Waals surface area contributed by atoms with Crippen LogP contribution in [-0.4, -0.2) is 26.9 Å². The highest BCUT2D eigenvalue weighted by Crippen LogP contribution is 1.98. The molecule has 0 bridgehead atoms. The number of hydrazone groups is 1. The van der Waals surface area contributed by atoms with Crippen LogP contribution in [0.4, 0.5) is 0 Å². The average Bonchev–Trinajstić information content (AvgIpc) is 2.90. The van der Waals surface area contributed by atoms with E-state index in [4.69, 9.17) is 0 Å². The molecule has 0 spiro atoms. The molecule has 0 aliphatic rings. The van der Waals surface area contributed by atoms with Gasteiger partial charge in [-0.15, -0.1) is 0 Å². The Labute approximate surface area is 109 Å². The fourth-order valence-corrected chi connectivity index (χ4v) is 1.66. The van der Waals surface area contributed by atoms with E-state index in [1.807, 2.05) is 29.9 Å². The minimum atomic E-state index is -0.335. The van der Waals surface area contributed by atoms with Crippen molar-refractivity contribution in [3.05, 3.63) is 45.6 Å². The summed E-state index contributed by atoms with van der Waals surface area (Å²) < 4.78 is 1.87. The van der Waals surface area contributed by atoms with Gasteiger partial charge >= 0.3 is 0 Å². The topological polar surface area (TPSA) is 95.0 Å². The summed E-state index contributed by atoms with van der Waals surface area (Å²) in [4.78, 5) is 23.0. The van der Waals surface area contributed by atoms with Crippen LogP contribution >= 0.6 is 0 Å². The molecule has 0 radical (unpaired) electrons. The molecule has 2 aromatic rings. The van der Waals surface area contributed by atoms with E-state index in [1.165, 1.54) is 0 Å². The summed E-state index contributed by atoms with van der Waals surface area (Å²) in [6.45, 7) is 1.73. The SMILES string of the molecule is Cc1[nH][nH]c(=O)c1CC(=O)N/N=C/c1cccn1C. The lowest BCUT2D eigenvalue weighted by Gasteiger charge is -1.99. The van der Waals surface area contributed by atoms with Crippen LogP contribution in [0.25, 0.3) is 0 Å².